The number of carboxylic acid groups (broad SMARTS) is 1. The van der Waals surface area contributed by atoms with Crippen molar-refractivity contribution in [1.29, 1.82) is 0 Å². The predicted octanol–water partition coefficient (Wildman–Crippen LogP) is 3.28. The molecule has 0 aliphatic carbocycles. The van der Waals surface area contributed by atoms with E-state index in [0.717, 1.165) is 17.1 Å². The highest BCUT2D eigenvalue weighted by atomic mass is 35.5. The molecule has 20 heavy (non-hydrogen) atoms. The second kappa shape index (κ2) is 6.30. The number of nitrogens with two attached hydrogens (primary N) is 1. The van der Waals surface area contributed by atoms with Crippen LogP contribution in [0.2, 0.25) is 5.02 Å². The first-order chi connectivity index (χ1) is 9.56. The Balaban J connectivity index is 1.94. The van der Waals surface area contributed by atoms with Crippen molar-refractivity contribution in [3.05, 3.63) is 58.6 Å². The summed E-state index contributed by atoms with van der Waals surface area (Å²) in [6.45, 7) is 0.707. The minimum absolute atomic E-state index is 0.186. The molecule has 4 nitrogen and oxygen atoms in total. The van der Waals surface area contributed by atoms with Crippen LogP contribution in [-0.4, -0.2) is 17.6 Å². The molecule has 0 unspecified atom stereocenters. The summed E-state index contributed by atoms with van der Waals surface area (Å²) in [5.74, 6) is -0.982. The number of hydrogen-bond acceptors (Lipinski definition) is 3. The van der Waals surface area contributed by atoms with Gasteiger partial charge in [0.2, 0.25) is 0 Å². The zero-order valence-electron chi connectivity index (χ0n) is 10.8. The van der Waals surface area contributed by atoms with Gasteiger partial charge in [-0.25, -0.2) is 4.79 Å². The van der Waals surface area contributed by atoms with Gasteiger partial charge in [-0.3, -0.25) is 0 Å². The highest BCUT2D eigenvalue weighted by Crippen LogP contribution is 2.20. The monoisotopic (exact) mass is 290 g/mol. The number of rotatable bonds is 5. The van der Waals surface area contributed by atoms with Gasteiger partial charge in [-0.05, 0) is 42.3 Å². The summed E-state index contributed by atoms with van der Waals surface area (Å²) in [7, 11) is 0. The Hall–Kier alpha value is -2.20. The lowest BCUT2D eigenvalue weighted by molar-refractivity contribution is 0.0697. The fourth-order valence-electron chi connectivity index (χ4n) is 1.85. The fourth-order valence-corrected chi connectivity index (χ4v) is 1.98. The molecule has 2 aromatic carbocycles. The summed E-state index contributed by atoms with van der Waals surface area (Å²) < 4.78 is 0. The van der Waals surface area contributed by atoms with E-state index in [1.165, 1.54) is 17.7 Å². The number of anilines is 2. The molecule has 0 bridgehead atoms. The predicted molar refractivity (Wildman–Crippen MR) is 81.5 cm³/mol. The molecule has 5 heteroatoms. The maximum Gasteiger partial charge on any atom is 0.335 e. The van der Waals surface area contributed by atoms with Gasteiger partial charge in [0.25, 0.3) is 0 Å². The maximum atomic E-state index is 10.8. The minimum Gasteiger partial charge on any atom is -0.478 e. The molecule has 0 radical (unpaired) electrons. The molecular weight excluding hydrogens is 276 g/mol. The number of nitrogen functional groups attached to an aromatic ring is 1. The highest BCUT2D eigenvalue weighted by Gasteiger charge is 2.05. The molecule has 104 valence electrons. The molecule has 0 amide bonds. The Labute approximate surface area is 122 Å². The van der Waals surface area contributed by atoms with Crippen LogP contribution in [0.15, 0.2) is 42.5 Å². The number of carboxylic acids is 1. The van der Waals surface area contributed by atoms with E-state index < -0.39 is 5.97 Å². The number of halogens is 1. The van der Waals surface area contributed by atoms with Gasteiger partial charge in [0.15, 0.2) is 0 Å². The lowest BCUT2D eigenvalue weighted by Crippen LogP contribution is -2.08. The molecule has 0 aliphatic heterocycles. The lowest BCUT2D eigenvalue weighted by Gasteiger charge is -2.10. The van der Waals surface area contributed by atoms with Crippen molar-refractivity contribution >= 4 is 28.9 Å². The van der Waals surface area contributed by atoms with Crippen LogP contribution in [0.5, 0.6) is 0 Å². The first kappa shape index (κ1) is 14.2. The van der Waals surface area contributed by atoms with Crippen molar-refractivity contribution in [1.82, 2.24) is 0 Å². The van der Waals surface area contributed by atoms with Crippen molar-refractivity contribution in [3.63, 3.8) is 0 Å². The van der Waals surface area contributed by atoms with E-state index in [1.54, 1.807) is 6.07 Å². The number of hydrogen-bond donors (Lipinski definition) is 3. The molecule has 0 spiro atoms. The first-order valence-corrected chi connectivity index (χ1v) is 6.55. The van der Waals surface area contributed by atoms with Crippen molar-refractivity contribution in [2.75, 3.05) is 17.6 Å². The quantitative estimate of drug-likeness (QED) is 0.739. The summed E-state index contributed by atoms with van der Waals surface area (Å²) in [4.78, 5) is 10.8. The Morgan fingerprint density at radius 2 is 1.90 bits per heavy atom. The molecule has 0 fully saturated rings. The smallest absolute Gasteiger partial charge is 0.335 e. The number of nitrogens with one attached hydrogen (secondary N) is 1. The number of aromatic carboxylic acids is 1. The van der Waals surface area contributed by atoms with Gasteiger partial charge < -0.3 is 16.2 Å². The Morgan fingerprint density at radius 3 is 2.50 bits per heavy atom. The second-order valence-electron chi connectivity index (χ2n) is 4.41. The zero-order chi connectivity index (χ0) is 14.5. The second-order valence-corrected chi connectivity index (χ2v) is 4.85. The number of benzene rings is 2. The topological polar surface area (TPSA) is 75.4 Å². The van der Waals surface area contributed by atoms with E-state index >= 15 is 0 Å². The van der Waals surface area contributed by atoms with E-state index in [0.29, 0.717) is 12.2 Å². The third kappa shape index (κ3) is 3.65. The van der Waals surface area contributed by atoms with Gasteiger partial charge in [-0.1, -0.05) is 23.7 Å². The van der Waals surface area contributed by atoms with Crippen LogP contribution in [0.4, 0.5) is 11.4 Å². The van der Waals surface area contributed by atoms with Crippen LogP contribution in [0, 0.1) is 0 Å². The normalized spacial score (nSPS) is 10.2. The third-order valence-corrected chi connectivity index (χ3v) is 3.19. The van der Waals surface area contributed by atoms with Crippen LogP contribution in [0.25, 0.3) is 0 Å². The Morgan fingerprint density at radius 1 is 1.20 bits per heavy atom. The van der Waals surface area contributed by atoms with Gasteiger partial charge in [0.1, 0.15) is 0 Å². The molecule has 0 atom stereocenters. The van der Waals surface area contributed by atoms with Gasteiger partial charge >= 0.3 is 5.97 Å². The fraction of sp³-hybridized carbons (Fsp3) is 0.133. The van der Waals surface area contributed by atoms with Gasteiger partial charge in [-0.15, -0.1) is 0 Å². The maximum absolute atomic E-state index is 10.8. The minimum atomic E-state index is -0.982. The Kier molecular flexibility index (Phi) is 4.48. The SMILES string of the molecule is Nc1cc(C(=O)O)ccc1NCCc1ccc(Cl)cc1. The highest BCUT2D eigenvalue weighted by molar-refractivity contribution is 6.30. The first-order valence-electron chi connectivity index (χ1n) is 6.17. The molecule has 2 rings (SSSR count). The summed E-state index contributed by atoms with van der Waals surface area (Å²) >= 11 is 5.82. The summed E-state index contributed by atoms with van der Waals surface area (Å²) in [5, 5.41) is 12.8. The molecule has 0 saturated carbocycles. The molecule has 4 N–H and O–H groups in total. The average molecular weight is 291 g/mol. The largest absolute Gasteiger partial charge is 0.478 e. The van der Waals surface area contributed by atoms with E-state index in [-0.39, 0.29) is 5.56 Å². The van der Waals surface area contributed by atoms with E-state index in [1.807, 2.05) is 24.3 Å². The van der Waals surface area contributed by atoms with Crippen molar-refractivity contribution < 1.29 is 9.90 Å². The molecule has 0 aliphatic rings. The molecular formula is C15H15ClN2O2. The molecule has 0 saturated heterocycles. The van der Waals surface area contributed by atoms with Crippen molar-refractivity contribution in [3.8, 4) is 0 Å². The van der Waals surface area contributed by atoms with Gasteiger partial charge in [0.05, 0.1) is 16.9 Å². The molecule has 0 heterocycles. The van der Waals surface area contributed by atoms with Crippen LogP contribution in [0.3, 0.4) is 0 Å². The van der Waals surface area contributed by atoms with E-state index in [9.17, 15) is 4.79 Å². The van der Waals surface area contributed by atoms with Crippen LogP contribution in [-0.2, 0) is 6.42 Å². The standard InChI is InChI=1S/C15H15ClN2O2/c16-12-4-1-10(2-5-12)7-8-18-14-6-3-11(15(19)20)9-13(14)17/h1-6,9,18H,7-8,17H2,(H,19,20). The zero-order valence-corrected chi connectivity index (χ0v) is 11.5. The van der Waals surface area contributed by atoms with E-state index in [2.05, 4.69) is 5.32 Å². The summed E-state index contributed by atoms with van der Waals surface area (Å²) in [5.41, 5.74) is 8.34. The van der Waals surface area contributed by atoms with Crippen LogP contribution in [0.1, 0.15) is 15.9 Å². The van der Waals surface area contributed by atoms with Crippen LogP contribution >= 0.6 is 11.6 Å². The van der Waals surface area contributed by atoms with Crippen molar-refractivity contribution in [2.24, 2.45) is 0 Å². The summed E-state index contributed by atoms with van der Waals surface area (Å²) in [6, 6.07) is 12.3. The third-order valence-electron chi connectivity index (χ3n) is 2.94. The molecule has 0 aromatic heterocycles. The van der Waals surface area contributed by atoms with Crippen LogP contribution < -0.4 is 11.1 Å². The average Bonchev–Trinajstić information content (AvgIpc) is 2.42. The Bertz CT molecular complexity index is 612. The molecule has 2 aromatic rings. The van der Waals surface area contributed by atoms with E-state index in [4.69, 9.17) is 22.4 Å². The van der Waals surface area contributed by atoms with Gasteiger partial charge in [-0.2, -0.15) is 0 Å². The summed E-state index contributed by atoms with van der Waals surface area (Å²) in [6.07, 6.45) is 0.831. The lowest BCUT2D eigenvalue weighted by atomic mass is 10.1. The van der Waals surface area contributed by atoms with Crippen molar-refractivity contribution in [2.45, 2.75) is 6.42 Å². The number of carbonyl (C=O) groups is 1. The van der Waals surface area contributed by atoms with Gasteiger partial charge in [0, 0.05) is 11.6 Å².